The smallest absolute Gasteiger partial charge is 0.317 e. The van der Waals surface area contributed by atoms with Gasteiger partial charge in [0.25, 0.3) is 0 Å². The summed E-state index contributed by atoms with van der Waals surface area (Å²) in [6, 6.07) is -0.120. The summed E-state index contributed by atoms with van der Waals surface area (Å²) in [5, 5.41) is 21.4. The van der Waals surface area contributed by atoms with Crippen molar-refractivity contribution in [1.29, 1.82) is 0 Å². The van der Waals surface area contributed by atoms with E-state index in [4.69, 9.17) is 5.11 Å². The van der Waals surface area contributed by atoms with Crippen molar-refractivity contribution in [3.63, 3.8) is 0 Å². The average molecular weight is 286 g/mol. The molecule has 1 fully saturated rings. The second-order valence-electron chi connectivity index (χ2n) is 6.06. The van der Waals surface area contributed by atoms with E-state index in [2.05, 4.69) is 5.32 Å². The highest BCUT2D eigenvalue weighted by atomic mass is 16.4. The Labute approximate surface area is 120 Å². The minimum atomic E-state index is -0.807. The van der Waals surface area contributed by atoms with E-state index in [0.717, 1.165) is 6.42 Å². The minimum absolute atomic E-state index is 0.120. The molecule has 0 spiro atoms. The zero-order valence-electron chi connectivity index (χ0n) is 12.4. The van der Waals surface area contributed by atoms with Crippen LogP contribution in [0.5, 0.6) is 0 Å². The fraction of sp³-hybridized carbons (Fsp3) is 0.857. The van der Waals surface area contributed by atoms with Gasteiger partial charge in [-0.05, 0) is 38.5 Å². The summed E-state index contributed by atoms with van der Waals surface area (Å²) >= 11 is 0. The number of urea groups is 1. The van der Waals surface area contributed by atoms with E-state index in [0.29, 0.717) is 38.9 Å². The lowest BCUT2D eigenvalue weighted by molar-refractivity contribution is -0.137. The SMILES string of the molecule is CC(CCC(=O)O)CNC(=O)N1CCCC(C)(O)CC1. The van der Waals surface area contributed by atoms with Crippen molar-refractivity contribution in [3.8, 4) is 0 Å². The monoisotopic (exact) mass is 286 g/mol. The number of aliphatic carboxylic acids is 1. The Balaban J connectivity index is 2.30. The molecule has 1 heterocycles. The van der Waals surface area contributed by atoms with E-state index in [9.17, 15) is 14.7 Å². The molecule has 0 radical (unpaired) electrons. The summed E-state index contributed by atoms with van der Waals surface area (Å²) in [5.74, 6) is -0.664. The maximum Gasteiger partial charge on any atom is 0.317 e. The van der Waals surface area contributed by atoms with Crippen LogP contribution >= 0.6 is 0 Å². The van der Waals surface area contributed by atoms with Gasteiger partial charge in [-0.15, -0.1) is 0 Å². The second-order valence-corrected chi connectivity index (χ2v) is 6.06. The van der Waals surface area contributed by atoms with E-state index >= 15 is 0 Å². The fourth-order valence-electron chi connectivity index (χ4n) is 2.31. The highest BCUT2D eigenvalue weighted by Crippen LogP contribution is 2.21. The van der Waals surface area contributed by atoms with Crippen LogP contribution in [0.4, 0.5) is 4.79 Å². The molecule has 116 valence electrons. The Morgan fingerprint density at radius 2 is 2.05 bits per heavy atom. The second kappa shape index (κ2) is 7.47. The maximum absolute atomic E-state index is 12.0. The van der Waals surface area contributed by atoms with Gasteiger partial charge in [0.2, 0.25) is 0 Å². The van der Waals surface area contributed by atoms with Gasteiger partial charge in [0.1, 0.15) is 0 Å². The van der Waals surface area contributed by atoms with Gasteiger partial charge in [-0.25, -0.2) is 4.79 Å². The molecular weight excluding hydrogens is 260 g/mol. The molecule has 6 heteroatoms. The third-order valence-electron chi connectivity index (χ3n) is 3.80. The Hall–Kier alpha value is -1.30. The summed E-state index contributed by atoms with van der Waals surface area (Å²) < 4.78 is 0. The quantitative estimate of drug-likeness (QED) is 0.713. The van der Waals surface area contributed by atoms with Crippen LogP contribution < -0.4 is 5.32 Å². The summed E-state index contributed by atoms with van der Waals surface area (Å²) in [6.07, 6.45) is 2.80. The van der Waals surface area contributed by atoms with Gasteiger partial charge in [0.05, 0.1) is 5.60 Å². The first-order valence-corrected chi connectivity index (χ1v) is 7.27. The van der Waals surface area contributed by atoms with Crippen molar-refractivity contribution in [3.05, 3.63) is 0 Å². The highest BCUT2D eigenvalue weighted by molar-refractivity contribution is 5.74. The third kappa shape index (κ3) is 6.23. The number of carbonyl (C=O) groups excluding carboxylic acids is 1. The van der Waals surface area contributed by atoms with E-state index in [-0.39, 0.29) is 18.4 Å². The Morgan fingerprint density at radius 3 is 2.70 bits per heavy atom. The topological polar surface area (TPSA) is 89.9 Å². The standard InChI is InChI=1S/C14H26N2O4/c1-11(4-5-12(17)18)10-15-13(19)16-8-3-6-14(2,20)7-9-16/h11,20H,3-10H2,1-2H3,(H,15,19)(H,17,18). The number of likely N-dealkylation sites (tertiary alicyclic amines) is 1. The molecule has 2 atom stereocenters. The van der Waals surface area contributed by atoms with Crippen LogP contribution in [0.15, 0.2) is 0 Å². The number of hydrogen-bond acceptors (Lipinski definition) is 3. The zero-order chi connectivity index (χ0) is 15.2. The summed E-state index contributed by atoms with van der Waals surface area (Å²) in [7, 11) is 0. The Morgan fingerprint density at radius 1 is 1.35 bits per heavy atom. The third-order valence-corrected chi connectivity index (χ3v) is 3.80. The number of hydrogen-bond donors (Lipinski definition) is 3. The number of carboxylic acid groups (broad SMARTS) is 1. The van der Waals surface area contributed by atoms with Crippen molar-refractivity contribution >= 4 is 12.0 Å². The molecule has 0 aliphatic carbocycles. The van der Waals surface area contributed by atoms with Crippen molar-refractivity contribution in [2.75, 3.05) is 19.6 Å². The van der Waals surface area contributed by atoms with Crippen LogP contribution in [0.2, 0.25) is 0 Å². The van der Waals surface area contributed by atoms with Crippen LogP contribution in [-0.2, 0) is 4.79 Å². The first-order valence-electron chi connectivity index (χ1n) is 7.27. The molecule has 0 aromatic rings. The van der Waals surface area contributed by atoms with Gasteiger partial charge in [0, 0.05) is 26.1 Å². The summed E-state index contributed by atoms with van der Waals surface area (Å²) in [5.41, 5.74) is -0.677. The first-order chi connectivity index (χ1) is 9.30. The predicted molar refractivity (Wildman–Crippen MR) is 75.5 cm³/mol. The van der Waals surface area contributed by atoms with Gasteiger partial charge < -0.3 is 20.4 Å². The Bertz CT molecular complexity index is 344. The van der Waals surface area contributed by atoms with E-state index in [1.54, 1.807) is 4.90 Å². The molecule has 1 aliphatic heterocycles. The van der Waals surface area contributed by atoms with Crippen molar-refractivity contribution in [2.24, 2.45) is 5.92 Å². The number of carbonyl (C=O) groups is 2. The molecule has 0 aromatic carbocycles. The lowest BCUT2D eigenvalue weighted by Crippen LogP contribution is -2.42. The maximum atomic E-state index is 12.0. The van der Waals surface area contributed by atoms with Crippen LogP contribution in [0.25, 0.3) is 0 Å². The van der Waals surface area contributed by atoms with Gasteiger partial charge in [-0.3, -0.25) is 4.79 Å². The van der Waals surface area contributed by atoms with Gasteiger partial charge in [-0.1, -0.05) is 6.92 Å². The number of rotatable bonds is 5. The lowest BCUT2D eigenvalue weighted by atomic mass is 9.98. The van der Waals surface area contributed by atoms with Crippen LogP contribution in [0.1, 0.15) is 46.0 Å². The number of nitrogens with one attached hydrogen (secondary N) is 1. The molecule has 3 N–H and O–H groups in total. The van der Waals surface area contributed by atoms with Gasteiger partial charge in [0.15, 0.2) is 0 Å². The van der Waals surface area contributed by atoms with Crippen LogP contribution in [0, 0.1) is 5.92 Å². The molecule has 6 nitrogen and oxygen atoms in total. The predicted octanol–water partition coefficient (Wildman–Crippen LogP) is 1.43. The normalized spacial score (nSPS) is 24.9. The number of carboxylic acids is 1. The lowest BCUT2D eigenvalue weighted by Gasteiger charge is -2.23. The summed E-state index contributed by atoms with van der Waals surface area (Å²) in [4.78, 5) is 24.2. The molecular formula is C14H26N2O4. The number of nitrogens with zero attached hydrogens (tertiary/aromatic N) is 1. The Kier molecular flexibility index (Phi) is 6.26. The average Bonchev–Trinajstić information content (AvgIpc) is 2.54. The highest BCUT2D eigenvalue weighted by Gasteiger charge is 2.26. The molecule has 0 saturated carbocycles. The largest absolute Gasteiger partial charge is 0.481 e. The van der Waals surface area contributed by atoms with Crippen molar-refractivity contribution in [1.82, 2.24) is 10.2 Å². The van der Waals surface area contributed by atoms with E-state index in [1.807, 2.05) is 13.8 Å². The van der Waals surface area contributed by atoms with Gasteiger partial charge in [-0.2, -0.15) is 0 Å². The van der Waals surface area contributed by atoms with Crippen molar-refractivity contribution in [2.45, 2.75) is 51.6 Å². The molecule has 2 amide bonds. The number of amides is 2. The van der Waals surface area contributed by atoms with Crippen LogP contribution in [0.3, 0.4) is 0 Å². The first kappa shape index (κ1) is 16.8. The van der Waals surface area contributed by atoms with Crippen molar-refractivity contribution < 1.29 is 19.8 Å². The zero-order valence-corrected chi connectivity index (χ0v) is 12.4. The fourth-order valence-corrected chi connectivity index (χ4v) is 2.31. The molecule has 1 rings (SSSR count). The molecule has 1 saturated heterocycles. The van der Waals surface area contributed by atoms with E-state index < -0.39 is 11.6 Å². The summed E-state index contributed by atoms with van der Waals surface area (Å²) in [6.45, 7) is 5.44. The van der Waals surface area contributed by atoms with E-state index in [1.165, 1.54) is 0 Å². The molecule has 1 aliphatic rings. The molecule has 20 heavy (non-hydrogen) atoms. The molecule has 0 bridgehead atoms. The van der Waals surface area contributed by atoms with Crippen LogP contribution in [-0.4, -0.2) is 52.3 Å². The molecule has 0 aromatic heterocycles. The number of aliphatic hydroxyl groups is 1. The molecule has 2 unspecified atom stereocenters. The van der Waals surface area contributed by atoms with Gasteiger partial charge >= 0.3 is 12.0 Å². The minimum Gasteiger partial charge on any atom is -0.481 e.